The molecule has 140 valence electrons. The van der Waals surface area contributed by atoms with E-state index in [0.29, 0.717) is 15.7 Å². The molecule has 1 atom stereocenters. The maximum absolute atomic E-state index is 12.9. The first kappa shape index (κ1) is 18.4. The zero-order valence-corrected chi connectivity index (χ0v) is 16.4. The van der Waals surface area contributed by atoms with Crippen LogP contribution in [0.5, 0.6) is 0 Å². The molecule has 0 aliphatic carbocycles. The number of aliphatic hydroxyl groups excluding tert-OH is 1. The highest BCUT2D eigenvalue weighted by Crippen LogP contribution is 2.42. The van der Waals surface area contributed by atoms with Gasteiger partial charge in [0.2, 0.25) is 0 Å². The van der Waals surface area contributed by atoms with Crippen molar-refractivity contribution in [1.82, 2.24) is 4.98 Å². The smallest absolute Gasteiger partial charge is 0.301 e. The fourth-order valence-corrected chi connectivity index (χ4v) is 3.99. The van der Waals surface area contributed by atoms with Crippen LogP contribution in [-0.2, 0) is 9.59 Å². The van der Waals surface area contributed by atoms with Crippen LogP contribution >= 0.6 is 22.9 Å². The highest BCUT2D eigenvalue weighted by atomic mass is 35.5. The number of thiazole rings is 1. The molecule has 0 radical (unpaired) electrons. The van der Waals surface area contributed by atoms with Crippen molar-refractivity contribution in [2.75, 3.05) is 4.90 Å². The first-order chi connectivity index (χ1) is 13.5. The molecule has 4 rings (SSSR count). The summed E-state index contributed by atoms with van der Waals surface area (Å²) in [6.45, 7) is 1.95. The van der Waals surface area contributed by atoms with Crippen LogP contribution in [0.2, 0.25) is 5.02 Å². The molecule has 1 aliphatic heterocycles. The predicted octanol–water partition coefficient (Wildman–Crippen LogP) is 4.73. The van der Waals surface area contributed by atoms with E-state index in [-0.39, 0.29) is 11.3 Å². The molecule has 1 saturated heterocycles. The predicted molar refractivity (Wildman–Crippen MR) is 110 cm³/mol. The molecule has 2 heterocycles. The minimum atomic E-state index is -0.762. The number of benzene rings is 2. The largest absolute Gasteiger partial charge is 0.507 e. The van der Waals surface area contributed by atoms with Gasteiger partial charge in [-0.25, -0.2) is 4.98 Å². The van der Waals surface area contributed by atoms with Crippen molar-refractivity contribution in [3.8, 4) is 0 Å². The Morgan fingerprint density at radius 1 is 1.11 bits per heavy atom. The molecule has 7 heteroatoms. The highest BCUT2D eigenvalue weighted by molar-refractivity contribution is 7.14. The summed E-state index contributed by atoms with van der Waals surface area (Å²) in [7, 11) is 0. The van der Waals surface area contributed by atoms with Gasteiger partial charge in [0.15, 0.2) is 5.13 Å². The van der Waals surface area contributed by atoms with Crippen molar-refractivity contribution in [2.24, 2.45) is 0 Å². The van der Waals surface area contributed by atoms with Crippen LogP contribution in [-0.4, -0.2) is 21.8 Å². The number of carbonyl (C=O) groups excluding carboxylic acids is 2. The van der Waals surface area contributed by atoms with E-state index in [2.05, 4.69) is 4.98 Å². The van der Waals surface area contributed by atoms with Crippen LogP contribution in [0.15, 0.2) is 65.7 Å². The van der Waals surface area contributed by atoms with Crippen molar-refractivity contribution in [3.05, 3.63) is 87.4 Å². The molecule has 3 aromatic rings. The van der Waals surface area contributed by atoms with Crippen LogP contribution in [0.3, 0.4) is 0 Å². The van der Waals surface area contributed by atoms with Crippen LogP contribution in [0, 0.1) is 6.92 Å². The summed E-state index contributed by atoms with van der Waals surface area (Å²) in [6, 6.07) is 13.2. The summed E-state index contributed by atoms with van der Waals surface area (Å²) >= 11 is 7.18. The van der Waals surface area contributed by atoms with Crippen LogP contribution < -0.4 is 4.90 Å². The third-order valence-electron chi connectivity index (χ3n) is 4.58. The number of halogens is 1. The van der Waals surface area contributed by atoms with Crippen LogP contribution in [0.4, 0.5) is 5.13 Å². The first-order valence-corrected chi connectivity index (χ1v) is 9.76. The highest BCUT2D eigenvalue weighted by Gasteiger charge is 2.47. The fourth-order valence-electron chi connectivity index (χ4n) is 3.19. The molecule has 1 amide bonds. The summed E-state index contributed by atoms with van der Waals surface area (Å²) < 4.78 is 0. The van der Waals surface area contributed by atoms with E-state index in [1.54, 1.807) is 35.8 Å². The fraction of sp³-hybridized carbons (Fsp3) is 0.0952. The normalized spacial score (nSPS) is 18.6. The number of nitrogens with zero attached hydrogens (tertiary/aromatic N) is 2. The van der Waals surface area contributed by atoms with Crippen LogP contribution in [0.1, 0.15) is 22.7 Å². The Kier molecular flexibility index (Phi) is 4.75. The third-order valence-corrected chi connectivity index (χ3v) is 5.60. The molecular formula is C21H15ClN2O3S. The van der Waals surface area contributed by atoms with Crippen molar-refractivity contribution in [3.63, 3.8) is 0 Å². The molecule has 1 aliphatic rings. The SMILES string of the molecule is Cc1ccc(C2/C(=C(/O)c3ccc(Cl)cc3)C(=O)C(=O)N2c2nccs2)cc1. The van der Waals surface area contributed by atoms with Gasteiger partial charge in [0.05, 0.1) is 11.6 Å². The average molecular weight is 411 g/mol. The van der Waals surface area contributed by atoms with Gasteiger partial charge in [-0.2, -0.15) is 0 Å². The maximum atomic E-state index is 12.9. The lowest BCUT2D eigenvalue weighted by Crippen LogP contribution is -2.29. The van der Waals surface area contributed by atoms with Crippen molar-refractivity contribution < 1.29 is 14.7 Å². The number of amides is 1. The minimum absolute atomic E-state index is 0.0337. The van der Waals surface area contributed by atoms with Gasteiger partial charge in [-0.3, -0.25) is 14.5 Å². The van der Waals surface area contributed by atoms with E-state index >= 15 is 0 Å². The van der Waals surface area contributed by atoms with Gasteiger partial charge in [0.1, 0.15) is 5.76 Å². The molecule has 5 nitrogen and oxygen atoms in total. The Labute approximate surface area is 170 Å². The number of ketones is 1. The second-order valence-corrected chi connectivity index (χ2v) is 7.71. The second kappa shape index (κ2) is 7.22. The molecule has 0 saturated carbocycles. The van der Waals surface area contributed by atoms with E-state index in [4.69, 9.17) is 11.6 Å². The first-order valence-electron chi connectivity index (χ1n) is 8.50. The lowest BCUT2D eigenvalue weighted by atomic mass is 9.95. The Balaban J connectivity index is 1.93. The van der Waals surface area contributed by atoms with Gasteiger partial charge in [0, 0.05) is 22.2 Å². The molecule has 2 aromatic carbocycles. The number of hydrogen-bond donors (Lipinski definition) is 1. The van der Waals surface area contributed by atoms with Crippen molar-refractivity contribution in [2.45, 2.75) is 13.0 Å². The third kappa shape index (κ3) is 3.10. The molecule has 1 aromatic heterocycles. The molecule has 0 bridgehead atoms. The van der Waals surface area contributed by atoms with E-state index in [1.165, 1.54) is 16.2 Å². The topological polar surface area (TPSA) is 70.5 Å². The monoisotopic (exact) mass is 410 g/mol. The molecule has 1 fully saturated rings. The van der Waals surface area contributed by atoms with E-state index in [9.17, 15) is 14.7 Å². The number of aromatic nitrogens is 1. The van der Waals surface area contributed by atoms with Gasteiger partial charge >= 0.3 is 5.91 Å². The Hall–Kier alpha value is -2.96. The number of anilines is 1. The van der Waals surface area contributed by atoms with Gasteiger partial charge in [0.25, 0.3) is 5.78 Å². The van der Waals surface area contributed by atoms with E-state index in [0.717, 1.165) is 11.1 Å². The maximum Gasteiger partial charge on any atom is 0.301 e. The van der Waals surface area contributed by atoms with Gasteiger partial charge < -0.3 is 5.11 Å². The minimum Gasteiger partial charge on any atom is -0.507 e. The Bertz CT molecular complexity index is 1070. The molecular weight excluding hydrogens is 396 g/mol. The van der Waals surface area contributed by atoms with Gasteiger partial charge in [-0.15, -0.1) is 11.3 Å². The van der Waals surface area contributed by atoms with Crippen molar-refractivity contribution in [1.29, 1.82) is 0 Å². The lowest BCUT2D eigenvalue weighted by molar-refractivity contribution is -0.132. The summed E-state index contributed by atoms with van der Waals surface area (Å²) in [5.41, 5.74) is 2.22. The zero-order chi connectivity index (χ0) is 19.8. The molecule has 0 spiro atoms. The Morgan fingerprint density at radius 3 is 2.39 bits per heavy atom. The number of aryl methyl sites for hydroxylation is 1. The molecule has 1 unspecified atom stereocenters. The average Bonchev–Trinajstić information content (AvgIpc) is 3.30. The quantitative estimate of drug-likeness (QED) is 0.385. The molecule has 28 heavy (non-hydrogen) atoms. The number of carbonyl (C=O) groups is 2. The summed E-state index contributed by atoms with van der Waals surface area (Å²) in [5, 5.41) is 13.6. The van der Waals surface area contributed by atoms with Gasteiger partial charge in [-0.05, 0) is 36.8 Å². The number of Topliss-reactive ketones (excluding diaryl/α,β-unsaturated/α-hetero) is 1. The molecule has 1 N–H and O–H groups in total. The standard InChI is InChI=1S/C21H15ClN2O3S/c1-12-2-4-13(5-3-12)17-16(18(25)14-6-8-15(22)9-7-14)19(26)20(27)24(17)21-23-10-11-28-21/h2-11,17,25H,1H3/b18-16-. The Morgan fingerprint density at radius 2 is 1.79 bits per heavy atom. The number of rotatable bonds is 3. The van der Waals surface area contributed by atoms with Gasteiger partial charge in [-0.1, -0.05) is 41.4 Å². The summed E-state index contributed by atoms with van der Waals surface area (Å²) in [5.74, 6) is -1.69. The van der Waals surface area contributed by atoms with Crippen molar-refractivity contribution >= 4 is 45.5 Å². The van der Waals surface area contributed by atoms with Crippen LogP contribution in [0.25, 0.3) is 5.76 Å². The van der Waals surface area contributed by atoms with E-state index < -0.39 is 17.7 Å². The summed E-state index contributed by atoms with van der Waals surface area (Å²) in [6.07, 6.45) is 1.57. The zero-order valence-electron chi connectivity index (χ0n) is 14.8. The summed E-state index contributed by atoms with van der Waals surface area (Å²) in [4.78, 5) is 31.3. The lowest BCUT2D eigenvalue weighted by Gasteiger charge is -2.23. The van der Waals surface area contributed by atoms with E-state index in [1.807, 2.05) is 31.2 Å². The number of hydrogen-bond acceptors (Lipinski definition) is 5. The second-order valence-electron chi connectivity index (χ2n) is 6.40. The number of aliphatic hydroxyl groups is 1.